The smallest absolute Gasteiger partial charge is 0.164 e. The number of hydrogen-bond acceptors (Lipinski definition) is 2. The molecular weight excluding hydrogens is 272 g/mol. The van der Waals surface area contributed by atoms with Crippen LogP contribution < -0.4 is 0 Å². The van der Waals surface area contributed by atoms with E-state index in [-0.39, 0.29) is 11.2 Å². The quantitative estimate of drug-likeness (QED) is 0.512. The van der Waals surface area contributed by atoms with Gasteiger partial charge in [-0.2, -0.15) is 0 Å². The highest BCUT2D eigenvalue weighted by molar-refractivity contribution is 6.01. The minimum atomic E-state index is -0.373. The van der Waals surface area contributed by atoms with Gasteiger partial charge in [0.25, 0.3) is 0 Å². The molecule has 0 bridgehead atoms. The third-order valence-corrected chi connectivity index (χ3v) is 5.31. The van der Waals surface area contributed by atoms with Gasteiger partial charge >= 0.3 is 0 Å². The van der Waals surface area contributed by atoms with Crippen molar-refractivity contribution in [1.82, 2.24) is 0 Å². The molecule has 120 valence electrons. The predicted molar refractivity (Wildman–Crippen MR) is 90.3 cm³/mol. The molecule has 0 radical (unpaired) electrons. The first kappa shape index (κ1) is 16.9. The molecule has 1 fully saturated rings. The second-order valence-electron chi connectivity index (χ2n) is 6.86. The Hall–Kier alpha value is -1.44. The summed E-state index contributed by atoms with van der Waals surface area (Å²) in [4.78, 5) is 25.3. The number of hydrogen-bond donors (Lipinski definition) is 0. The van der Waals surface area contributed by atoms with Crippen LogP contribution >= 0.6 is 0 Å². The lowest BCUT2D eigenvalue weighted by atomic mass is 9.74. The highest BCUT2D eigenvalue weighted by Crippen LogP contribution is 2.43. The zero-order valence-electron chi connectivity index (χ0n) is 14.2. The molecule has 1 aromatic rings. The molecular formula is C20H28O2. The van der Waals surface area contributed by atoms with Gasteiger partial charge in [-0.1, -0.05) is 44.4 Å². The molecule has 1 aliphatic carbocycles. The number of aryl methyl sites for hydroxylation is 1. The molecule has 1 unspecified atom stereocenters. The Balaban J connectivity index is 2.18. The SMILES string of the molecule is CCCCCC1(CC(=O)c2cccc(C)c2C)CCCC1=O. The van der Waals surface area contributed by atoms with Gasteiger partial charge < -0.3 is 0 Å². The Labute approximate surface area is 134 Å². The topological polar surface area (TPSA) is 34.1 Å². The Bertz CT molecular complexity index is 559. The van der Waals surface area contributed by atoms with Crippen LogP contribution in [0.3, 0.4) is 0 Å². The van der Waals surface area contributed by atoms with Crippen LogP contribution in [0.1, 0.15) is 79.8 Å². The summed E-state index contributed by atoms with van der Waals surface area (Å²) >= 11 is 0. The molecule has 0 amide bonds. The van der Waals surface area contributed by atoms with Crippen molar-refractivity contribution in [3.63, 3.8) is 0 Å². The van der Waals surface area contributed by atoms with Crippen LogP contribution in [-0.2, 0) is 4.79 Å². The summed E-state index contributed by atoms with van der Waals surface area (Å²) in [5.41, 5.74) is 2.63. The first-order valence-corrected chi connectivity index (χ1v) is 8.63. The monoisotopic (exact) mass is 300 g/mol. The number of carbonyl (C=O) groups is 2. The fourth-order valence-corrected chi connectivity index (χ4v) is 3.70. The van der Waals surface area contributed by atoms with Gasteiger partial charge in [0.15, 0.2) is 5.78 Å². The summed E-state index contributed by atoms with van der Waals surface area (Å²) in [6.07, 6.45) is 7.14. The summed E-state index contributed by atoms with van der Waals surface area (Å²) < 4.78 is 0. The van der Waals surface area contributed by atoms with Crippen molar-refractivity contribution < 1.29 is 9.59 Å². The van der Waals surface area contributed by atoms with Crippen molar-refractivity contribution in [2.24, 2.45) is 5.41 Å². The zero-order valence-corrected chi connectivity index (χ0v) is 14.2. The van der Waals surface area contributed by atoms with E-state index in [0.717, 1.165) is 55.2 Å². The van der Waals surface area contributed by atoms with E-state index in [1.54, 1.807) is 0 Å². The molecule has 0 heterocycles. The molecule has 2 heteroatoms. The molecule has 2 rings (SSSR count). The summed E-state index contributed by atoms with van der Waals surface area (Å²) in [7, 11) is 0. The normalized spacial score (nSPS) is 21.3. The highest BCUT2D eigenvalue weighted by atomic mass is 16.1. The molecule has 1 saturated carbocycles. The number of Topliss-reactive ketones (excluding diaryl/α,β-unsaturated/α-hetero) is 2. The maximum Gasteiger partial charge on any atom is 0.164 e. The van der Waals surface area contributed by atoms with Crippen LogP contribution in [-0.4, -0.2) is 11.6 Å². The fraction of sp³-hybridized carbons (Fsp3) is 0.600. The Morgan fingerprint density at radius 3 is 2.64 bits per heavy atom. The minimum absolute atomic E-state index is 0.146. The fourth-order valence-electron chi connectivity index (χ4n) is 3.70. The van der Waals surface area contributed by atoms with Gasteiger partial charge in [0, 0.05) is 23.8 Å². The molecule has 0 N–H and O–H groups in total. The average Bonchev–Trinajstić information content (AvgIpc) is 2.83. The number of carbonyl (C=O) groups excluding carboxylic acids is 2. The van der Waals surface area contributed by atoms with Crippen molar-refractivity contribution in [3.05, 3.63) is 34.9 Å². The summed E-state index contributed by atoms with van der Waals surface area (Å²) in [5.74, 6) is 0.468. The predicted octanol–water partition coefficient (Wildman–Crippen LogP) is 5.20. The number of ketones is 2. The second kappa shape index (κ2) is 7.21. The van der Waals surface area contributed by atoms with Gasteiger partial charge in [0.2, 0.25) is 0 Å². The average molecular weight is 300 g/mol. The maximum absolute atomic E-state index is 12.8. The van der Waals surface area contributed by atoms with E-state index in [9.17, 15) is 9.59 Å². The van der Waals surface area contributed by atoms with E-state index in [4.69, 9.17) is 0 Å². The second-order valence-corrected chi connectivity index (χ2v) is 6.86. The molecule has 0 spiro atoms. The van der Waals surface area contributed by atoms with E-state index in [0.29, 0.717) is 18.6 Å². The van der Waals surface area contributed by atoms with Gasteiger partial charge in [0.1, 0.15) is 5.78 Å². The Morgan fingerprint density at radius 2 is 2.00 bits per heavy atom. The van der Waals surface area contributed by atoms with Crippen LogP contribution in [0.4, 0.5) is 0 Å². The van der Waals surface area contributed by atoms with Crippen LogP contribution in [0.5, 0.6) is 0 Å². The van der Waals surface area contributed by atoms with E-state index in [1.165, 1.54) is 0 Å². The summed E-state index contributed by atoms with van der Waals surface area (Å²) in [6, 6.07) is 5.88. The third kappa shape index (κ3) is 3.48. The molecule has 0 aromatic heterocycles. The number of rotatable bonds is 7. The molecule has 0 aliphatic heterocycles. The van der Waals surface area contributed by atoms with Gasteiger partial charge in [-0.15, -0.1) is 0 Å². The van der Waals surface area contributed by atoms with E-state index < -0.39 is 0 Å². The lowest BCUT2D eigenvalue weighted by molar-refractivity contribution is -0.126. The van der Waals surface area contributed by atoms with Crippen LogP contribution in [0.15, 0.2) is 18.2 Å². The van der Waals surface area contributed by atoms with Gasteiger partial charge in [-0.25, -0.2) is 0 Å². The molecule has 1 aliphatic rings. The van der Waals surface area contributed by atoms with Crippen LogP contribution in [0.2, 0.25) is 0 Å². The lowest BCUT2D eigenvalue weighted by Crippen LogP contribution is -2.29. The van der Waals surface area contributed by atoms with Crippen molar-refractivity contribution in [1.29, 1.82) is 0 Å². The lowest BCUT2D eigenvalue weighted by Gasteiger charge is -2.27. The summed E-state index contributed by atoms with van der Waals surface area (Å²) in [6.45, 7) is 6.21. The first-order valence-electron chi connectivity index (χ1n) is 8.63. The molecule has 1 atom stereocenters. The molecule has 22 heavy (non-hydrogen) atoms. The van der Waals surface area contributed by atoms with Gasteiger partial charge in [-0.05, 0) is 44.2 Å². The molecule has 1 aromatic carbocycles. The molecule has 2 nitrogen and oxygen atoms in total. The maximum atomic E-state index is 12.8. The van der Waals surface area contributed by atoms with Gasteiger partial charge in [0.05, 0.1) is 0 Å². The Morgan fingerprint density at radius 1 is 1.23 bits per heavy atom. The minimum Gasteiger partial charge on any atom is -0.299 e. The van der Waals surface area contributed by atoms with E-state index in [2.05, 4.69) is 6.92 Å². The number of unbranched alkanes of at least 4 members (excludes halogenated alkanes) is 2. The highest BCUT2D eigenvalue weighted by Gasteiger charge is 2.42. The number of benzene rings is 1. The van der Waals surface area contributed by atoms with Crippen molar-refractivity contribution in [3.8, 4) is 0 Å². The van der Waals surface area contributed by atoms with E-state index >= 15 is 0 Å². The van der Waals surface area contributed by atoms with E-state index in [1.807, 2.05) is 32.0 Å². The standard InChI is InChI=1S/C20H28O2/c1-4-5-6-12-20(13-8-11-19(20)22)14-18(21)17-10-7-9-15(2)16(17)3/h7,9-10H,4-6,8,11-14H2,1-3H3. The van der Waals surface area contributed by atoms with Crippen molar-refractivity contribution in [2.45, 2.75) is 72.1 Å². The van der Waals surface area contributed by atoms with Crippen molar-refractivity contribution in [2.75, 3.05) is 0 Å². The zero-order chi connectivity index (χ0) is 16.2. The van der Waals surface area contributed by atoms with Crippen molar-refractivity contribution >= 4 is 11.6 Å². The Kier molecular flexibility index (Phi) is 5.55. The largest absolute Gasteiger partial charge is 0.299 e. The first-order chi connectivity index (χ1) is 10.5. The van der Waals surface area contributed by atoms with Gasteiger partial charge in [-0.3, -0.25) is 9.59 Å². The molecule has 0 saturated heterocycles. The van der Waals surface area contributed by atoms with Crippen LogP contribution in [0.25, 0.3) is 0 Å². The van der Waals surface area contributed by atoms with Crippen LogP contribution in [0, 0.1) is 19.3 Å². The third-order valence-electron chi connectivity index (χ3n) is 5.31. The summed E-state index contributed by atoms with van der Waals surface area (Å²) in [5, 5.41) is 0.